The van der Waals surface area contributed by atoms with Gasteiger partial charge in [0.2, 0.25) is 5.84 Å². The number of hydrogen-bond acceptors (Lipinski definition) is 5. The molecule has 0 aliphatic carbocycles. The van der Waals surface area contributed by atoms with Crippen LogP contribution in [0.15, 0.2) is 9.98 Å². The second-order valence-corrected chi connectivity index (χ2v) is 2.56. The molecule has 1 aliphatic heterocycles. The second-order valence-electron chi connectivity index (χ2n) is 2.56. The van der Waals surface area contributed by atoms with E-state index in [0.29, 0.717) is 0 Å². The molecule has 0 aromatic rings. The first-order valence-corrected chi connectivity index (χ1v) is 4.23. The zero-order valence-corrected chi connectivity index (χ0v) is 8.33. The van der Waals surface area contributed by atoms with Gasteiger partial charge < -0.3 is 4.74 Å². The van der Waals surface area contributed by atoms with Crippen molar-refractivity contribution in [2.45, 2.75) is 6.92 Å². The molecule has 80 valence electrons. The Balaban J connectivity index is 2.93. The van der Waals surface area contributed by atoms with Crippen LogP contribution in [-0.4, -0.2) is 42.9 Å². The van der Waals surface area contributed by atoms with Crippen LogP contribution in [0, 0.1) is 5.41 Å². The molecule has 0 unspecified atom stereocenters. The second kappa shape index (κ2) is 4.45. The molecule has 0 aromatic heterocycles. The number of carbonyl (C=O) groups excluding carboxylic acids is 2. The molecule has 0 fully saturated rings. The molecule has 0 saturated heterocycles. The van der Waals surface area contributed by atoms with Crippen molar-refractivity contribution in [2.75, 3.05) is 13.7 Å². The summed E-state index contributed by atoms with van der Waals surface area (Å²) in [7, 11) is 1.37. The van der Waals surface area contributed by atoms with E-state index >= 15 is 0 Å². The van der Waals surface area contributed by atoms with Crippen LogP contribution in [0.2, 0.25) is 0 Å². The first-order valence-electron chi connectivity index (χ1n) is 4.23. The Morgan fingerprint density at radius 1 is 1.67 bits per heavy atom. The van der Waals surface area contributed by atoms with Gasteiger partial charge in [-0.05, 0) is 6.92 Å². The van der Waals surface area contributed by atoms with Crippen molar-refractivity contribution in [1.29, 1.82) is 5.41 Å². The fraction of sp³-hybridized carbons (Fsp3) is 0.375. The molecular weight excluding hydrogens is 200 g/mol. The molecule has 1 aliphatic rings. The number of nitrogens with zero attached hydrogens (tertiary/aromatic N) is 2. The molecule has 0 aromatic carbocycles. The van der Waals surface area contributed by atoms with E-state index in [4.69, 9.17) is 5.41 Å². The Kier molecular flexibility index (Phi) is 3.27. The number of amidine groups is 2. The van der Waals surface area contributed by atoms with Crippen molar-refractivity contribution < 1.29 is 14.3 Å². The number of ether oxygens (including phenoxy) is 1. The maximum Gasteiger partial charge on any atom is 0.374 e. The van der Waals surface area contributed by atoms with Gasteiger partial charge >= 0.3 is 5.97 Å². The van der Waals surface area contributed by atoms with Crippen LogP contribution < -0.4 is 5.32 Å². The Hall–Kier alpha value is -2.05. The summed E-state index contributed by atoms with van der Waals surface area (Å²) in [6.07, 6.45) is 0. The highest BCUT2D eigenvalue weighted by molar-refractivity contribution is 6.71. The molecular formula is C8H10N4O3. The van der Waals surface area contributed by atoms with E-state index in [1.54, 1.807) is 6.92 Å². The number of aliphatic imine (C=N–C) groups is 2. The predicted molar refractivity (Wildman–Crippen MR) is 53.3 cm³/mol. The minimum absolute atomic E-state index is 0.108. The number of rotatable bonds is 2. The summed E-state index contributed by atoms with van der Waals surface area (Å²) in [6, 6.07) is 0. The highest BCUT2D eigenvalue weighted by Crippen LogP contribution is 1.95. The topological polar surface area (TPSA) is 104 Å². The predicted octanol–water partition coefficient (Wildman–Crippen LogP) is -0.874. The third kappa shape index (κ3) is 2.25. The van der Waals surface area contributed by atoms with Gasteiger partial charge in [-0.15, -0.1) is 0 Å². The van der Waals surface area contributed by atoms with Gasteiger partial charge in [-0.2, -0.15) is 0 Å². The average Bonchev–Trinajstić information content (AvgIpc) is 2.17. The summed E-state index contributed by atoms with van der Waals surface area (Å²) in [5.41, 5.74) is -0.108. The van der Waals surface area contributed by atoms with Crippen molar-refractivity contribution in [2.24, 2.45) is 9.98 Å². The van der Waals surface area contributed by atoms with E-state index in [0.717, 1.165) is 0 Å². The zero-order valence-electron chi connectivity index (χ0n) is 8.33. The molecule has 0 saturated carbocycles. The monoisotopic (exact) mass is 210 g/mol. The van der Waals surface area contributed by atoms with Gasteiger partial charge in [0.25, 0.3) is 5.91 Å². The first kappa shape index (κ1) is 11.0. The smallest absolute Gasteiger partial charge is 0.374 e. The summed E-state index contributed by atoms with van der Waals surface area (Å²) in [6.45, 7) is 1.81. The lowest BCUT2D eigenvalue weighted by molar-refractivity contribution is -0.135. The van der Waals surface area contributed by atoms with Crippen molar-refractivity contribution >= 4 is 29.3 Å². The Bertz CT molecular complexity index is 383. The fourth-order valence-corrected chi connectivity index (χ4v) is 0.971. The molecule has 0 atom stereocenters. The summed E-state index contributed by atoms with van der Waals surface area (Å²) < 4.78 is 4.63. The maximum absolute atomic E-state index is 11.3. The van der Waals surface area contributed by atoms with Crippen molar-refractivity contribution in [3.63, 3.8) is 0 Å². The number of hydrogen-bond donors (Lipinski definition) is 2. The minimum Gasteiger partial charge on any atom is -0.460 e. The summed E-state index contributed by atoms with van der Waals surface area (Å²) in [5.74, 6) is -2.00. The lowest BCUT2D eigenvalue weighted by Gasteiger charge is -2.13. The fourth-order valence-electron chi connectivity index (χ4n) is 0.971. The lowest BCUT2D eigenvalue weighted by Crippen LogP contribution is -2.48. The molecule has 0 radical (unpaired) electrons. The minimum atomic E-state index is -0.759. The van der Waals surface area contributed by atoms with Crippen LogP contribution >= 0.6 is 0 Å². The SMILES string of the molecule is CCOC(=O)C1=NC(=N)/C(=N\C)C(=O)N1. The van der Waals surface area contributed by atoms with E-state index in [-0.39, 0.29) is 24.0 Å². The number of esters is 1. The highest BCUT2D eigenvalue weighted by atomic mass is 16.5. The lowest BCUT2D eigenvalue weighted by atomic mass is 10.2. The molecule has 2 N–H and O–H groups in total. The van der Waals surface area contributed by atoms with Crippen LogP contribution in [0.4, 0.5) is 0 Å². The third-order valence-electron chi connectivity index (χ3n) is 1.59. The highest BCUT2D eigenvalue weighted by Gasteiger charge is 2.27. The zero-order chi connectivity index (χ0) is 11.4. The van der Waals surface area contributed by atoms with Crippen LogP contribution in [-0.2, 0) is 14.3 Å². The van der Waals surface area contributed by atoms with Crippen LogP contribution in [0.1, 0.15) is 6.92 Å². The number of carbonyl (C=O) groups is 2. The molecule has 7 heteroatoms. The van der Waals surface area contributed by atoms with E-state index in [9.17, 15) is 9.59 Å². The Morgan fingerprint density at radius 2 is 2.33 bits per heavy atom. The van der Waals surface area contributed by atoms with E-state index < -0.39 is 11.9 Å². The summed E-state index contributed by atoms with van der Waals surface area (Å²) in [4.78, 5) is 29.6. The van der Waals surface area contributed by atoms with Gasteiger partial charge in [-0.25, -0.2) is 9.79 Å². The van der Waals surface area contributed by atoms with Gasteiger partial charge in [-0.3, -0.25) is 20.5 Å². The Labute approximate surface area is 85.8 Å². The number of nitrogens with one attached hydrogen (secondary N) is 2. The van der Waals surface area contributed by atoms with E-state index in [1.807, 2.05) is 0 Å². The van der Waals surface area contributed by atoms with Gasteiger partial charge in [0, 0.05) is 7.05 Å². The number of amides is 1. The van der Waals surface area contributed by atoms with Crippen molar-refractivity contribution in [3.05, 3.63) is 0 Å². The van der Waals surface area contributed by atoms with Crippen LogP contribution in [0.3, 0.4) is 0 Å². The summed E-state index contributed by atoms with van der Waals surface area (Å²) >= 11 is 0. The molecule has 7 nitrogen and oxygen atoms in total. The Morgan fingerprint density at radius 3 is 2.80 bits per heavy atom. The maximum atomic E-state index is 11.3. The van der Waals surface area contributed by atoms with Gasteiger partial charge in [0.1, 0.15) is 0 Å². The standard InChI is InChI=1S/C8H10N4O3/c1-3-15-8(14)6-11-5(9)4(10-2)7(13)12-6/h3H2,1-2H3,(H2,9,11,12,13)/b10-4+. The largest absolute Gasteiger partial charge is 0.460 e. The third-order valence-corrected chi connectivity index (χ3v) is 1.59. The molecule has 0 bridgehead atoms. The molecule has 1 heterocycles. The normalized spacial score (nSPS) is 18.5. The summed E-state index contributed by atoms with van der Waals surface area (Å²) in [5, 5.41) is 9.54. The first-order chi connectivity index (χ1) is 7.10. The van der Waals surface area contributed by atoms with Crippen molar-refractivity contribution in [3.8, 4) is 0 Å². The van der Waals surface area contributed by atoms with Crippen LogP contribution in [0.5, 0.6) is 0 Å². The van der Waals surface area contributed by atoms with Crippen LogP contribution in [0.25, 0.3) is 0 Å². The van der Waals surface area contributed by atoms with E-state index in [2.05, 4.69) is 20.0 Å². The molecule has 1 rings (SSSR count). The quantitative estimate of drug-likeness (QED) is 0.578. The van der Waals surface area contributed by atoms with Gasteiger partial charge in [0.15, 0.2) is 11.5 Å². The molecule has 15 heavy (non-hydrogen) atoms. The van der Waals surface area contributed by atoms with Crippen molar-refractivity contribution in [1.82, 2.24) is 5.32 Å². The molecule has 1 amide bonds. The van der Waals surface area contributed by atoms with Gasteiger partial charge in [0.05, 0.1) is 6.61 Å². The van der Waals surface area contributed by atoms with Gasteiger partial charge in [-0.1, -0.05) is 0 Å². The average molecular weight is 210 g/mol. The van der Waals surface area contributed by atoms with E-state index in [1.165, 1.54) is 7.05 Å². The molecule has 0 spiro atoms.